The van der Waals surface area contributed by atoms with E-state index in [-0.39, 0.29) is 35.8 Å². The van der Waals surface area contributed by atoms with E-state index in [0.717, 1.165) is 0 Å². The van der Waals surface area contributed by atoms with Crippen molar-refractivity contribution in [3.8, 4) is 17.2 Å². The summed E-state index contributed by atoms with van der Waals surface area (Å²) >= 11 is 0. The van der Waals surface area contributed by atoms with Crippen molar-refractivity contribution in [3.63, 3.8) is 0 Å². The van der Waals surface area contributed by atoms with Gasteiger partial charge in [0.25, 0.3) is 5.91 Å². The summed E-state index contributed by atoms with van der Waals surface area (Å²) in [6, 6.07) is 14.8. The van der Waals surface area contributed by atoms with Crippen LogP contribution in [0.25, 0.3) is 0 Å². The highest BCUT2D eigenvalue weighted by atomic mass is 32.2. The molecule has 1 amide bonds. The summed E-state index contributed by atoms with van der Waals surface area (Å²) in [5.74, 6) is -2.50. The van der Waals surface area contributed by atoms with E-state index in [1.807, 2.05) is 0 Å². The van der Waals surface area contributed by atoms with Crippen molar-refractivity contribution in [1.29, 1.82) is 0 Å². The van der Waals surface area contributed by atoms with E-state index in [4.69, 9.17) is 19.9 Å². The molecular weight excluding hydrogens is 519 g/mol. The Balaban J connectivity index is 1.69. The summed E-state index contributed by atoms with van der Waals surface area (Å²) < 4.78 is 57.3. The maximum Gasteiger partial charge on any atom is 0.339 e. The summed E-state index contributed by atoms with van der Waals surface area (Å²) in [6.07, 6.45) is 0.115. The van der Waals surface area contributed by atoms with E-state index >= 15 is 0 Å². The Morgan fingerprint density at radius 3 is 2.18 bits per heavy atom. The number of primary amides is 1. The number of hydrogen-bond acceptors (Lipinski definition) is 7. The van der Waals surface area contributed by atoms with Gasteiger partial charge < -0.3 is 25.1 Å². The second-order valence-electron chi connectivity index (χ2n) is 8.39. The van der Waals surface area contributed by atoms with E-state index in [1.165, 1.54) is 67.8 Å². The van der Waals surface area contributed by atoms with Crippen LogP contribution in [0.1, 0.15) is 11.1 Å². The molecule has 0 fully saturated rings. The predicted octanol–water partition coefficient (Wildman–Crippen LogP) is 2.66. The number of ether oxygens (including phenoxy) is 3. The Morgan fingerprint density at radius 2 is 1.61 bits per heavy atom. The third kappa shape index (κ3) is 4.93. The summed E-state index contributed by atoms with van der Waals surface area (Å²) in [5.41, 5.74) is 3.31. The molecule has 1 heterocycles. The number of rotatable bonds is 10. The Bertz CT molecular complexity index is 1430. The lowest BCUT2D eigenvalue weighted by Crippen LogP contribution is -2.64. The number of methoxy groups -OCH3 is 1. The smallest absolute Gasteiger partial charge is 0.339 e. The van der Waals surface area contributed by atoms with Crippen LogP contribution >= 0.6 is 0 Å². The first-order valence-electron chi connectivity index (χ1n) is 11.5. The molecule has 1 atom stereocenters. The average Bonchev–Trinajstić information content (AvgIpc) is 2.89. The van der Waals surface area contributed by atoms with Crippen molar-refractivity contribution in [3.05, 3.63) is 83.7 Å². The van der Waals surface area contributed by atoms with Crippen molar-refractivity contribution < 1.29 is 41.7 Å². The van der Waals surface area contributed by atoms with E-state index in [2.05, 4.69) is 0 Å². The van der Waals surface area contributed by atoms with Crippen LogP contribution in [0.3, 0.4) is 0 Å². The molecule has 1 aliphatic rings. The zero-order chi connectivity index (χ0) is 27.5. The first-order chi connectivity index (χ1) is 18.1. The average molecular weight is 545 g/mol. The molecular formula is C26H25FN2O8S. The molecule has 0 radical (unpaired) electrons. The van der Waals surface area contributed by atoms with Gasteiger partial charge in [-0.2, -0.15) is 4.31 Å². The number of carbonyl (C=O) groups is 2. The van der Waals surface area contributed by atoms with Gasteiger partial charge in [-0.3, -0.25) is 4.79 Å². The summed E-state index contributed by atoms with van der Waals surface area (Å²) in [6.45, 7) is 0.258. The van der Waals surface area contributed by atoms with E-state index in [0.29, 0.717) is 28.0 Å². The Hall–Kier alpha value is -4.00. The van der Waals surface area contributed by atoms with Gasteiger partial charge in [0.1, 0.15) is 29.7 Å². The zero-order valence-electron chi connectivity index (χ0n) is 20.3. The zero-order valence-corrected chi connectivity index (χ0v) is 21.1. The quantitative estimate of drug-likeness (QED) is 0.293. The fraction of sp³-hybridized carbons (Fsp3) is 0.231. The molecule has 4 rings (SSSR count). The molecule has 0 aliphatic carbocycles. The van der Waals surface area contributed by atoms with Crippen LogP contribution in [0.4, 0.5) is 4.39 Å². The van der Waals surface area contributed by atoms with Crippen LogP contribution in [0.5, 0.6) is 17.2 Å². The molecule has 1 aliphatic heterocycles. The van der Waals surface area contributed by atoms with Crippen molar-refractivity contribution in [2.24, 2.45) is 5.73 Å². The third-order valence-electron chi connectivity index (χ3n) is 6.11. The van der Waals surface area contributed by atoms with Gasteiger partial charge in [-0.15, -0.1) is 0 Å². The lowest BCUT2D eigenvalue weighted by molar-refractivity contribution is -0.155. The number of carboxylic acid groups (broad SMARTS) is 1. The molecule has 12 heteroatoms. The number of fused-ring (bicyclic) bond motifs is 1. The normalized spacial score (nSPS) is 17.4. The maximum atomic E-state index is 13.7. The lowest BCUT2D eigenvalue weighted by atomic mass is 9.81. The number of sulfonamides is 1. The number of carbonyl (C=O) groups excluding carboxylic acids is 1. The van der Waals surface area contributed by atoms with Crippen LogP contribution in [0.15, 0.2) is 71.6 Å². The first kappa shape index (κ1) is 27.0. The number of hydrogen-bond donors (Lipinski definition) is 2. The fourth-order valence-corrected chi connectivity index (χ4v) is 6.01. The van der Waals surface area contributed by atoms with Crippen molar-refractivity contribution in [2.75, 3.05) is 26.9 Å². The molecule has 0 saturated carbocycles. The minimum atomic E-state index is -4.53. The minimum absolute atomic E-state index is 0.0531. The standard InChI is InChI=1S/C26H25FN2O8S/c1-35-14-15-36-21-8-11-23-17(16-21)12-13-29(26(23,24(28)30)25(31)32)38(33,34)22-9-6-20(7-10-22)37-19-4-2-18(27)3-5-19/h2-11,16H,12-15H2,1H3,(H2,28,30)(H,31,32). The van der Waals surface area contributed by atoms with Gasteiger partial charge in [0.15, 0.2) is 0 Å². The molecule has 1 unspecified atom stereocenters. The van der Waals surface area contributed by atoms with Gasteiger partial charge in [0, 0.05) is 13.7 Å². The Kier molecular flexibility index (Phi) is 7.67. The van der Waals surface area contributed by atoms with Crippen molar-refractivity contribution >= 4 is 21.9 Å². The van der Waals surface area contributed by atoms with Crippen LogP contribution < -0.4 is 15.2 Å². The summed E-state index contributed by atoms with van der Waals surface area (Å²) in [5, 5.41) is 10.3. The molecule has 0 bridgehead atoms. The molecule has 0 saturated heterocycles. The van der Waals surface area contributed by atoms with Gasteiger partial charge in [-0.25, -0.2) is 17.6 Å². The first-order valence-corrected chi connectivity index (χ1v) is 12.9. The predicted molar refractivity (Wildman–Crippen MR) is 133 cm³/mol. The number of carboxylic acids is 1. The molecule has 0 spiro atoms. The van der Waals surface area contributed by atoms with Crippen LogP contribution in [-0.2, 0) is 36.3 Å². The van der Waals surface area contributed by atoms with E-state index < -0.39 is 33.3 Å². The molecule has 3 N–H and O–H groups in total. The Morgan fingerprint density at radius 1 is 1.00 bits per heavy atom. The van der Waals surface area contributed by atoms with Crippen LogP contribution in [0.2, 0.25) is 0 Å². The van der Waals surface area contributed by atoms with Crippen molar-refractivity contribution in [1.82, 2.24) is 4.31 Å². The fourth-order valence-electron chi connectivity index (χ4n) is 4.32. The molecule has 38 heavy (non-hydrogen) atoms. The monoisotopic (exact) mass is 544 g/mol. The number of nitrogens with two attached hydrogens (primary N) is 1. The van der Waals surface area contributed by atoms with Gasteiger partial charge in [-0.05, 0) is 78.2 Å². The largest absolute Gasteiger partial charge is 0.491 e. The van der Waals surface area contributed by atoms with E-state index in [9.17, 15) is 27.5 Å². The number of benzene rings is 3. The summed E-state index contributed by atoms with van der Waals surface area (Å²) in [7, 11) is -3.01. The molecule has 10 nitrogen and oxygen atoms in total. The molecule has 3 aromatic carbocycles. The second-order valence-corrected chi connectivity index (χ2v) is 10.3. The topological polar surface area (TPSA) is 145 Å². The van der Waals surface area contributed by atoms with Gasteiger partial charge in [0.05, 0.1) is 11.5 Å². The highest BCUT2D eigenvalue weighted by Crippen LogP contribution is 2.41. The van der Waals surface area contributed by atoms with Crippen LogP contribution in [-0.4, -0.2) is 56.6 Å². The number of halogens is 1. The van der Waals surface area contributed by atoms with Crippen molar-refractivity contribution in [2.45, 2.75) is 16.9 Å². The minimum Gasteiger partial charge on any atom is -0.491 e. The second kappa shape index (κ2) is 10.8. The van der Waals surface area contributed by atoms with Crippen LogP contribution in [0, 0.1) is 5.82 Å². The number of aliphatic carboxylic acids is 1. The van der Waals surface area contributed by atoms with E-state index in [1.54, 1.807) is 6.07 Å². The SMILES string of the molecule is COCCOc1ccc2c(c1)CCN(S(=O)(=O)c1ccc(Oc3ccc(F)cc3)cc1)C2(C(N)=O)C(=O)O. The van der Waals surface area contributed by atoms with Gasteiger partial charge >= 0.3 is 5.97 Å². The van der Waals surface area contributed by atoms with Gasteiger partial charge in [0.2, 0.25) is 15.6 Å². The summed E-state index contributed by atoms with van der Waals surface area (Å²) in [4.78, 5) is 25.2. The molecule has 200 valence electrons. The highest BCUT2D eigenvalue weighted by molar-refractivity contribution is 7.89. The number of nitrogens with zero attached hydrogens (tertiary/aromatic N) is 1. The molecule has 3 aromatic rings. The Labute approximate surface area is 218 Å². The lowest BCUT2D eigenvalue weighted by Gasteiger charge is -2.41. The maximum absolute atomic E-state index is 13.7. The number of amides is 1. The van der Waals surface area contributed by atoms with Gasteiger partial charge in [-0.1, -0.05) is 6.07 Å². The third-order valence-corrected chi connectivity index (χ3v) is 8.01. The molecule has 0 aromatic heterocycles. The highest BCUT2D eigenvalue weighted by Gasteiger charge is 2.59.